The molecular weight excluding hydrogens is 506 g/mol. The maximum Gasteiger partial charge on any atom is 0.244 e. The molecule has 0 fully saturated rings. The Morgan fingerprint density at radius 3 is 2.28 bits per heavy atom. The number of benzene rings is 2. The van der Waals surface area contributed by atoms with E-state index in [2.05, 4.69) is 5.32 Å². The largest absolute Gasteiger partial charge is 0.497 e. The molecule has 2 aromatic carbocycles. The minimum atomic E-state index is -3.88. The lowest BCUT2D eigenvalue weighted by Gasteiger charge is -2.33. The zero-order chi connectivity index (χ0) is 27.3. The SMILES string of the molecule is COc1cccc(CN(C(=O)CN(c2ccc(OC)c(Cl)c2)S(C)(=O)=O)[C@H](C)C(=O)NC(C)(C)C)c1. The summed E-state index contributed by atoms with van der Waals surface area (Å²) in [6.45, 7) is 6.66. The van der Waals surface area contributed by atoms with Crippen molar-refractivity contribution in [1.82, 2.24) is 10.2 Å². The number of halogens is 1. The lowest BCUT2D eigenvalue weighted by Crippen LogP contribution is -2.54. The summed E-state index contributed by atoms with van der Waals surface area (Å²) in [6, 6.07) is 10.7. The van der Waals surface area contributed by atoms with Crippen LogP contribution in [0.5, 0.6) is 11.5 Å². The molecule has 198 valence electrons. The molecule has 9 nitrogen and oxygen atoms in total. The van der Waals surface area contributed by atoms with Crippen molar-refractivity contribution in [3.8, 4) is 11.5 Å². The van der Waals surface area contributed by atoms with Gasteiger partial charge in [-0.15, -0.1) is 0 Å². The Morgan fingerprint density at radius 2 is 1.75 bits per heavy atom. The number of hydrogen-bond acceptors (Lipinski definition) is 6. The average molecular weight is 540 g/mol. The van der Waals surface area contributed by atoms with Gasteiger partial charge in [0.05, 0.1) is 31.2 Å². The number of hydrogen-bond donors (Lipinski definition) is 1. The molecule has 0 aliphatic rings. The molecule has 1 N–H and O–H groups in total. The number of methoxy groups -OCH3 is 2. The highest BCUT2D eigenvalue weighted by Crippen LogP contribution is 2.30. The Kier molecular flexibility index (Phi) is 9.62. The molecule has 2 rings (SSSR count). The molecule has 0 aromatic heterocycles. The molecule has 0 aliphatic heterocycles. The first-order valence-corrected chi connectivity index (χ1v) is 13.4. The number of ether oxygens (including phenoxy) is 2. The molecule has 36 heavy (non-hydrogen) atoms. The standard InChI is InChI=1S/C25H34ClN3O6S/c1-17(24(31)27-25(2,3)4)28(15-18-9-8-10-20(13-18)34-5)23(30)16-29(36(7,32)33)19-11-12-22(35-6)21(26)14-19/h8-14,17H,15-16H2,1-7H3,(H,27,31)/t17-/m1/s1. The number of anilines is 1. The molecule has 2 amide bonds. The lowest BCUT2D eigenvalue weighted by atomic mass is 10.1. The third-order valence-electron chi connectivity index (χ3n) is 5.26. The van der Waals surface area contributed by atoms with E-state index in [0.717, 1.165) is 16.1 Å². The van der Waals surface area contributed by atoms with E-state index >= 15 is 0 Å². The Balaban J connectivity index is 2.45. The van der Waals surface area contributed by atoms with Gasteiger partial charge in [0.1, 0.15) is 24.1 Å². The van der Waals surface area contributed by atoms with Crippen LogP contribution in [0.4, 0.5) is 5.69 Å². The van der Waals surface area contributed by atoms with Gasteiger partial charge < -0.3 is 19.7 Å². The van der Waals surface area contributed by atoms with Gasteiger partial charge in [-0.1, -0.05) is 23.7 Å². The van der Waals surface area contributed by atoms with Crippen molar-refractivity contribution in [2.45, 2.75) is 45.8 Å². The first-order valence-electron chi connectivity index (χ1n) is 11.2. The van der Waals surface area contributed by atoms with Crippen LogP contribution >= 0.6 is 11.6 Å². The van der Waals surface area contributed by atoms with Crippen LogP contribution in [-0.4, -0.2) is 63.7 Å². The predicted octanol–water partition coefficient (Wildman–Crippen LogP) is 3.46. The van der Waals surface area contributed by atoms with Crippen molar-refractivity contribution < 1.29 is 27.5 Å². The van der Waals surface area contributed by atoms with E-state index < -0.39 is 34.1 Å². The van der Waals surface area contributed by atoms with Crippen molar-refractivity contribution in [1.29, 1.82) is 0 Å². The van der Waals surface area contributed by atoms with E-state index in [4.69, 9.17) is 21.1 Å². The van der Waals surface area contributed by atoms with Crippen LogP contribution < -0.4 is 19.1 Å². The summed E-state index contributed by atoms with van der Waals surface area (Å²) in [6.07, 6.45) is 1.00. The van der Waals surface area contributed by atoms with E-state index in [0.29, 0.717) is 11.5 Å². The van der Waals surface area contributed by atoms with Gasteiger partial charge in [-0.25, -0.2) is 8.42 Å². The molecule has 0 aliphatic carbocycles. The van der Waals surface area contributed by atoms with Crippen LogP contribution in [0.2, 0.25) is 5.02 Å². The Labute approximate surface area is 218 Å². The lowest BCUT2D eigenvalue weighted by molar-refractivity contribution is -0.140. The van der Waals surface area contributed by atoms with Crippen molar-refractivity contribution in [3.05, 3.63) is 53.1 Å². The number of rotatable bonds is 10. The molecule has 0 saturated carbocycles. The Hall–Kier alpha value is -2.98. The third kappa shape index (κ3) is 8.03. The molecule has 0 spiro atoms. The van der Waals surface area contributed by atoms with E-state index in [-0.39, 0.29) is 23.2 Å². The normalized spacial score (nSPS) is 12.4. The number of carbonyl (C=O) groups excluding carboxylic acids is 2. The fourth-order valence-electron chi connectivity index (χ4n) is 3.45. The van der Waals surface area contributed by atoms with Crippen molar-refractivity contribution in [2.75, 3.05) is 31.3 Å². The molecule has 1 atom stereocenters. The van der Waals surface area contributed by atoms with E-state index in [9.17, 15) is 18.0 Å². The maximum absolute atomic E-state index is 13.6. The van der Waals surface area contributed by atoms with Crippen molar-refractivity contribution >= 4 is 39.1 Å². The zero-order valence-corrected chi connectivity index (χ0v) is 23.2. The summed E-state index contributed by atoms with van der Waals surface area (Å²) in [4.78, 5) is 27.9. The number of nitrogens with one attached hydrogen (secondary N) is 1. The van der Waals surface area contributed by atoms with Gasteiger partial charge in [-0.2, -0.15) is 0 Å². The van der Waals surface area contributed by atoms with Crippen LogP contribution in [0.3, 0.4) is 0 Å². The summed E-state index contributed by atoms with van der Waals surface area (Å²) in [5.74, 6) is 0.0357. The van der Waals surface area contributed by atoms with Crippen LogP contribution in [0.25, 0.3) is 0 Å². The zero-order valence-electron chi connectivity index (χ0n) is 21.7. The fourth-order valence-corrected chi connectivity index (χ4v) is 4.54. The van der Waals surface area contributed by atoms with Gasteiger partial charge in [0.2, 0.25) is 21.8 Å². The number of amides is 2. The van der Waals surface area contributed by atoms with Crippen molar-refractivity contribution in [3.63, 3.8) is 0 Å². The predicted molar refractivity (Wildman–Crippen MR) is 141 cm³/mol. The van der Waals surface area contributed by atoms with Crippen molar-refractivity contribution in [2.24, 2.45) is 0 Å². The smallest absolute Gasteiger partial charge is 0.244 e. The molecule has 11 heteroatoms. The van der Waals surface area contributed by atoms with E-state index in [1.165, 1.54) is 37.3 Å². The third-order valence-corrected chi connectivity index (χ3v) is 6.69. The van der Waals surface area contributed by atoms with Crippen LogP contribution in [0, 0.1) is 0 Å². The molecule has 2 aromatic rings. The Bertz CT molecular complexity index is 1200. The van der Waals surface area contributed by atoms with Crippen LogP contribution in [-0.2, 0) is 26.2 Å². The van der Waals surface area contributed by atoms with E-state index in [1.807, 2.05) is 20.8 Å². The maximum atomic E-state index is 13.6. The van der Waals surface area contributed by atoms with Crippen LogP contribution in [0.15, 0.2) is 42.5 Å². The molecule has 0 bridgehead atoms. The second-order valence-electron chi connectivity index (χ2n) is 9.38. The second-order valence-corrected chi connectivity index (χ2v) is 11.7. The van der Waals surface area contributed by atoms with Gasteiger partial charge >= 0.3 is 0 Å². The highest BCUT2D eigenvalue weighted by molar-refractivity contribution is 7.92. The van der Waals surface area contributed by atoms with Gasteiger partial charge in [-0.05, 0) is 63.6 Å². The van der Waals surface area contributed by atoms with Gasteiger partial charge in [0.25, 0.3) is 0 Å². The summed E-state index contributed by atoms with van der Waals surface area (Å²) >= 11 is 6.21. The minimum absolute atomic E-state index is 0.0652. The fraction of sp³-hybridized carbons (Fsp3) is 0.440. The monoisotopic (exact) mass is 539 g/mol. The van der Waals surface area contributed by atoms with E-state index in [1.54, 1.807) is 31.2 Å². The molecule has 0 saturated heterocycles. The van der Waals surface area contributed by atoms with Gasteiger partial charge in [-0.3, -0.25) is 13.9 Å². The summed E-state index contributed by atoms with van der Waals surface area (Å²) in [5, 5.41) is 3.07. The highest BCUT2D eigenvalue weighted by Gasteiger charge is 2.31. The molecule has 0 heterocycles. The molecule has 0 unspecified atom stereocenters. The van der Waals surface area contributed by atoms with Gasteiger partial charge in [0.15, 0.2) is 0 Å². The topological polar surface area (TPSA) is 105 Å². The molecule has 0 radical (unpaired) electrons. The average Bonchev–Trinajstić information content (AvgIpc) is 2.78. The highest BCUT2D eigenvalue weighted by atomic mass is 35.5. The number of nitrogens with zero attached hydrogens (tertiary/aromatic N) is 2. The minimum Gasteiger partial charge on any atom is -0.497 e. The Morgan fingerprint density at radius 1 is 1.08 bits per heavy atom. The molecular formula is C25H34ClN3O6S. The first-order chi connectivity index (χ1) is 16.7. The first kappa shape index (κ1) is 29.3. The van der Waals surface area contributed by atoms with Crippen LogP contribution in [0.1, 0.15) is 33.3 Å². The number of sulfonamides is 1. The second kappa shape index (κ2) is 11.8. The summed E-state index contributed by atoms with van der Waals surface area (Å²) in [7, 11) is -0.899. The summed E-state index contributed by atoms with van der Waals surface area (Å²) < 4.78 is 36.7. The number of carbonyl (C=O) groups is 2. The quantitative estimate of drug-likeness (QED) is 0.496. The van der Waals surface area contributed by atoms with Gasteiger partial charge in [0, 0.05) is 12.1 Å². The summed E-state index contributed by atoms with van der Waals surface area (Å²) in [5.41, 5.74) is 0.399.